The topological polar surface area (TPSA) is 114 Å². The van der Waals surface area contributed by atoms with Crippen molar-refractivity contribution < 1.29 is 37.3 Å². The van der Waals surface area contributed by atoms with Crippen molar-refractivity contribution in [3.8, 4) is 0 Å². The molecule has 456 valence electrons. The Morgan fingerprint density at radius 1 is 0.450 bits per heavy atom. The van der Waals surface area contributed by atoms with Crippen molar-refractivity contribution in [1.82, 2.24) is 5.32 Å². The highest BCUT2D eigenvalue weighted by Crippen LogP contribution is 2.38. The molecule has 0 aromatic rings. The summed E-state index contributed by atoms with van der Waals surface area (Å²) in [6, 6.07) is -0.921. The van der Waals surface area contributed by atoms with Crippen LogP contribution in [0.15, 0.2) is 134 Å². The van der Waals surface area contributed by atoms with E-state index in [-0.39, 0.29) is 31.3 Å². The van der Waals surface area contributed by atoms with E-state index in [4.69, 9.17) is 13.8 Å². The molecule has 0 radical (unpaired) electrons. The molecule has 0 aromatic carbocycles. The maximum atomic E-state index is 13.5. The number of unbranched alkanes of at least 4 members (excludes halogenated alkanes) is 20. The lowest BCUT2D eigenvalue weighted by Crippen LogP contribution is -2.47. The molecular formula is C70H119N2O7P. The van der Waals surface area contributed by atoms with E-state index in [0.717, 1.165) is 128 Å². The van der Waals surface area contributed by atoms with E-state index in [9.17, 15) is 19.0 Å². The number of allylic oxidation sites excluding steroid dienone is 21. The Bertz CT molecular complexity index is 1830. The molecule has 0 fully saturated rings. The summed E-state index contributed by atoms with van der Waals surface area (Å²) >= 11 is 0. The van der Waals surface area contributed by atoms with Gasteiger partial charge in [-0.05, 0) is 122 Å². The van der Waals surface area contributed by atoms with Crippen LogP contribution in [0.5, 0.6) is 0 Å². The predicted molar refractivity (Wildman–Crippen MR) is 343 cm³/mol. The minimum atomic E-state index is -4.72. The number of phosphoric ester groups is 1. The average Bonchev–Trinajstić information content (AvgIpc) is 3.43. The highest BCUT2D eigenvalue weighted by atomic mass is 31.2. The highest BCUT2D eigenvalue weighted by molar-refractivity contribution is 7.45. The summed E-state index contributed by atoms with van der Waals surface area (Å²) in [5.41, 5.74) is 0. The number of phosphoric acid groups is 1. The first-order chi connectivity index (χ1) is 38.9. The number of esters is 1. The van der Waals surface area contributed by atoms with Crippen LogP contribution in [0.2, 0.25) is 0 Å². The number of quaternary nitrogens is 1. The summed E-state index contributed by atoms with van der Waals surface area (Å²) in [5.74, 6) is -0.600. The fraction of sp³-hybridized carbons (Fsp3) is 0.657. The van der Waals surface area contributed by atoms with Gasteiger partial charge in [0.05, 0.1) is 33.8 Å². The summed E-state index contributed by atoms with van der Waals surface area (Å²) in [7, 11) is 1.13. The van der Waals surface area contributed by atoms with E-state index in [1.165, 1.54) is 70.6 Å². The molecule has 0 saturated heterocycles. The molecule has 3 atom stereocenters. The van der Waals surface area contributed by atoms with Gasteiger partial charge in [0.2, 0.25) is 5.91 Å². The van der Waals surface area contributed by atoms with Crippen LogP contribution in [-0.2, 0) is 27.9 Å². The second-order valence-corrected chi connectivity index (χ2v) is 23.6. The molecule has 0 saturated carbocycles. The van der Waals surface area contributed by atoms with Gasteiger partial charge in [0.25, 0.3) is 7.82 Å². The van der Waals surface area contributed by atoms with Gasteiger partial charge in [0.1, 0.15) is 19.3 Å². The van der Waals surface area contributed by atoms with Crippen molar-refractivity contribution in [3.63, 3.8) is 0 Å². The molecule has 0 aliphatic rings. The zero-order valence-electron chi connectivity index (χ0n) is 52.0. The van der Waals surface area contributed by atoms with E-state index in [1.54, 1.807) is 0 Å². The maximum absolute atomic E-state index is 13.5. The van der Waals surface area contributed by atoms with Crippen molar-refractivity contribution in [2.24, 2.45) is 0 Å². The van der Waals surface area contributed by atoms with Crippen LogP contribution in [0.1, 0.15) is 245 Å². The molecule has 0 rings (SSSR count). The molecule has 3 unspecified atom stereocenters. The summed E-state index contributed by atoms with van der Waals surface area (Å²) < 4.78 is 30.3. The Labute approximate surface area is 492 Å². The minimum Gasteiger partial charge on any atom is -0.756 e. The number of amides is 1. The van der Waals surface area contributed by atoms with E-state index in [1.807, 2.05) is 33.3 Å². The Morgan fingerprint density at radius 2 is 0.800 bits per heavy atom. The lowest BCUT2D eigenvalue weighted by Gasteiger charge is -2.30. The normalized spacial score (nSPS) is 14.5. The number of carbonyl (C=O) groups is 2. The van der Waals surface area contributed by atoms with Gasteiger partial charge in [0.15, 0.2) is 0 Å². The monoisotopic (exact) mass is 1130 g/mol. The first-order valence-corrected chi connectivity index (χ1v) is 33.5. The molecular weight excluding hydrogens is 1010 g/mol. The van der Waals surface area contributed by atoms with Crippen LogP contribution in [0.25, 0.3) is 0 Å². The van der Waals surface area contributed by atoms with Crippen LogP contribution >= 0.6 is 7.82 Å². The Morgan fingerprint density at radius 3 is 1.21 bits per heavy atom. The van der Waals surface area contributed by atoms with Crippen LogP contribution in [-0.4, -0.2) is 69.4 Å². The predicted octanol–water partition coefficient (Wildman–Crippen LogP) is 19.4. The van der Waals surface area contributed by atoms with Gasteiger partial charge >= 0.3 is 5.97 Å². The van der Waals surface area contributed by atoms with E-state index >= 15 is 0 Å². The van der Waals surface area contributed by atoms with Gasteiger partial charge < -0.3 is 28.5 Å². The summed E-state index contributed by atoms with van der Waals surface area (Å²) in [4.78, 5) is 40.0. The van der Waals surface area contributed by atoms with Crippen LogP contribution in [0.4, 0.5) is 0 Å². The van der Waals surface area contributed by atoms with Crippen LogP contribution in [0.3, 0.4) is 0 Å². The van der Waals surface area contributed by atoms with Crippen molar-refractivity contribution in [1.29, 1.82) is 0 Å². The first-order valence-electron chi connectivity index (χ1n) is 32.0. The number of rotatable bonds is 56. The number of carbonyl (C=O) groups excluding carboxylic acids is 2. The molecule has 0 aliphatic carbocycles. The zero-order valence-corrected chi connectivity index (χ0v) is 52.9. The van der Waals surface area contributed by atoms with Gasteiger partial charge in [-0.15, -0.1) is 0 Å². The number of ether oxygens (including phenoxy) is 1. The van der Waals surface area contributed by atoms with Gasteiger partial charge in [-0.3, -0.25) is 14.2 Å². The third kappa shape index (κ3) is 58.8. The molecule has 0 aliphatic heterocycles. The van der Waals surface area contributed by atoms with E-state index in [2.05, 4.69) is 148 Å². The van der Waals surface area contributed by atoms with Gasteiger partial charge in [-0.25, -0.2) is 0 Å². The molecule has 0 bridgehead atoms. The molecule has 1 N–H and O–H groups in total. The van der Waals surface area contributed by atoms with Gasteiger partial charge in [-0.1, -0.05) is 245 Å². The molecule has 1 amide bonds. The van der Waals surface area contributed by atoms with E-state index in [0.29, 0.717) is 23.9 Å². The maximum Gasteiger partial charge on any atom is 0.306 e. The smallest absolute Gasteiger partial charge is 0.306 e. The van der Waals surface area contributed by atoms with Crippen molar-refractivity contribution in [2.45, 2.75) is 258 Å². The molecule has 0 spiro atoms. The Hall–Kier alpha value is -3.85. The zero-order chi connectivity index (χ0) is 58.6. The molecule has 10 heteroatoms. The van der Waals surface area contributed by atoms with Gasteiger partial charge in [-0.2, -0.15) is 0 Å². The fourth-order valence-electron chi connectivity index (χ4n) is 8.46. The molecule has 0 heterocycles. The molecule has 80 heavy (non-hydrogen) atoms. The SMILES string of the molecule is CC/C=C\C/C=C\C/C=C\C/C=C\C/C=C\CCCCCCCCCC(=O)OC(/C=C/CCCCCCCCCCCC)C(COP(=O)([O-])OCC[N+](C)(C)C)NC(=O)CCCCC/C=C\C/C=C\C/C=C\C/C=C\C/C=C\CC. The lowest BCUT2D eigenvalue weighted by molar-refractivity contribution is -0.870. The largest absolute Gasteiger partial charge is 0.756 e. The van der Waals surface area contributed by atoms with E-state index < -0.39 is 26.6 Å². The van der Waals surface area contributed by atoms with Crippen LogP contribution in [0, 0.1) is 0 Å². The van der Waals surface area contributed by atoms with Crippen molar-refractivity contribution in [3.05, 3.63) is 134 Å². The lowest BCUT2D eigenvalue weighted by atomic mass is 10.0. The minimum absolute atomic E-state index is 0.0385. The second-order valence-electron chi connectivity index (χ2n) is 22.1. The Kier molecular flexibility index (Phi) is 55.5. The second kappa shape index (κ2) is 58.4. The summed E-state index contributed by atoms with van der Waals surface area (Å²) in [6.07, 6.45) is 82.8. The van der Waals surface area contributed by atoms with Crippen LogP contribution < -0.4 is 10.2 Å². The average molecular weight is 1130 g/mol. The Balaban J connectivity index is 5.30. The third-order valence-electron chi connectivity index (χ3n) is 13.3. The highest BCUT2D eigenvalue weighted by Gasteiger charge is 2.27. The van der Waals surface area contributed by atoms with Gasteiger partial charge in [0, 0.05) is 12.8 Å². The number of nitrogens with one attached hydrogen (secondary N) is 1. The van der Waals surface area contributed by atoms with Crippen molar-refractivity contribution in [2.75, 3.05) is 40.9 Å². The standard InChI is InChI=1S/C70H119N2O7P/c1-7-10-13-16-19-22-25-28-30-32-34-35-36-37-39-41-43-45-48-51-54-57-60-63-70(74)79-68(61-58-55-52-49-46-27-24-21-18-15-12-9-3)67(66-78-80(75,76)77-65-64-72(4,5)6)71-69(73)62-59-56-53-50-47-44-42-40-38-33-31-29-26-23-20-17-14-11-8-2/h10-11,13-14,19-20,22-23,28-31,34-35,37-40,44,47,58,61,67-68H,7-9,12,15-18,21,24-27,32-33,36,41-43,45-46,48-57,59-60,62-66H2,1-6H3,(H-,71,73,75,76)/b13-10-,14-11-,22-19-,23-20-,30-28-,31-29-,35-34-,39-37-,40-38-,47-44-,61-58+. The molecule has 9 nitrogen and oxygen atoms in total. The number of hydrogen-bond acceptors (Lipinski definition) is 7. The summed E-state index contributed by atoms with van der Waals surface area (Å²) in [6.45, 7) is 6.56. The number of hydrogen-bond donors (Lipinski definition) is 1. The number of nitrogens with zero attached hydrogens (tertiary/aromatic N) is 1. The fourth-order valence-corrected chi connectivity index (χ4v) is 9.18. The molecule has 0 aromatic heterocycles. The third-order valence-corrected chi connectivity index (χ3v) is 14.3. The number of likely N-dealkylation sites (N-methyl/N-ethyl adjacent to an activating group) is 1. The van der Waals surface area contributed by atoms with Crippen molar-refractivity contribution >= 4 is 19.7 Å². The first kappa shape index (κ1) is 76.1. The quantitative estimate of drug-likeness (QED) is 0.0212. The summed E-state index contributed by atoms with van der Waals surface area (Å²) in [5, 5.41) is 3.01.